The summed E-state index contributed by atoms with van der Waals surface area (Å²) in [6.45, 7) is 2.59. The largest absolute Gasteiger partial charge is 0.324 e. The average molecular weight is 441 g/mol. The third kappa shape index (κ3) is 5.26. The lowest BCUT2D eigenvalue weighted by Crippen LogP contribution is -2.41. The van der Waals surface area contributed by atoms with Gasteiger partial charge in [-0.1, -0.05) is 53.0 Å². The number of hydrogen-bond acceptors (Lipinski definition) is 3. The van der Waals surface area contributed by atoms with E-state index in [-0.39, 0.29) is 17.6 Å². The van der Waals surface area contributed by atoms with Crippen LogP contribution in [-0.2, 0) is 20.6 Å². The summed E-state index contributed by atoms with van der Waals surface area (Å²) in [5, 5.41) is 3.69. The summed E-state index contributed by atoms with van der Waals surface area (Å²) in [5.74, 6) is -0.454. The van der Waals surface area contributed by atoms with Gasteiger partial charge in [-0.25, -0.2) is 12.7 Å². The molecule has 5 nitrogen and oxygen atoms in total. The maximum absolute atomic E-state index is 12.7. The van der Waals surface area contributed by atoms with E-state index in [1.165, 1.54) is 4.31 Å². The van der Waals surface area contributed by atoms with Crippen molar-refractivity contribution >= 4 is 44.8 Å². The van der Waals surface area contributed by atoms with Gasteiger partial charge < -0.3 is 5.32 Å². The van der Waals surface area contributed by atoms with E-state index in [0.29, 0.717) is 41.7 Å². The monoisotopic (exact) mass is 440 g/mol. The summed E-state index contributed by atoms with van der Waals surface area (Å²) in [7, 11) is -3.41. The fraction of sp³-hybridized carbons (Fsp3) is 0.350. The Hall–Kier alpha value is -1.60. The molecular weight excluding hydrogens is 419 g/mol. The highest BCUT2D eigenvalue weighted by Gasteiger charge is 2.31. The molecule has 1 saturated heterocycles. The van der Waals surface area contributed by atoms with Crippen molar-refractivity contribution in [2.45, 2.75) is 25.5 Å². The van der Waals surface area contributed by atoms with Gasteiger partial charge in [-0.15, -0.1) is 0 Å². The van der Waals surface area contributed by atoms with Crippen LogP contribution in [0.15, 0.2) is 42.5 Å². The van der Waals surface area contributed by atoms with E-state index in [1.807, 2.05) is 31.2 Å². The molecule has 0 saturated carbocycles. The number of benzene rings is 2. The van der Waals surface area contributed by atoms with Crippen LogP contribution in [0.4, 0.5) is 5.69 Å². The molecule has 8 heteroatoms. The van der Waals surface area contributed by atoms with Gasteiger partial charge in [0.05, 0.1) is 16.5 Å². The summed E-state index contributed by atoms with van der Waals surface area (Å²) >= 11 is 12.0. The number of nitrogens with zero attached hydrogens (tertiary/aromatic N) is 1. The van der Waals surface area contributed by atoms with Gasteiger partial charge >= 0.3 is 0 Å². The van der Waals surface area contributed by atoms with E-state index >= 15 is 0 Å². The molecule has 0 atom stereocenters. The number of anilines is 1. The maximum Gasteiger partial charge on any atom is 0.227 e. The average Bonchev–Trinajstić information content (AvgIpc) is 2.64. The number of carbonyl (C=O) groups excluding carboxylic acids is 1. The Kier molecular flexibility index (Phi) is 6.65. The molecule has 2 aromatic carbocycles. The first kappa shape index (κ1) is 21.1. The van der Waals surface area contributed by atoms with Crippen LogP contribution < -0.4 is 5.32 Å². The molecule has 1 amide bonds. The highest BCUT2D eigenvalue weighted by Crippen LogP contribution is 2.28. The standard InChI is InChI=1S/C20H22Cl2N2O3S/c1-14-3-2-4-15(11-14)13-28(26,27)24-9-7-16(8-10-24)20(25)23-19-12-17(21)5-6-18(19)22/h2-6,11-12,16H,7-10,13H2,1H3,(H,23,25). The van der Waals surface area contributed by atoms with Crippen LogP contribution in [0.5, 0.6) is 0 Å². The number of sulfonamides is 1. The number of aryl methyl sites for hydroxylation is 1. The Balaban J connectivity index is 1.59. The number of amides is 1. The quantitative estimate of drug-likeness (QED) is 0.744. The number of carbonyl (C=O) groups is 1. The molecular formula is C20H22Cl2N2O3S. The maximum atomic E-state index is 12.7. The molecule has 0 aliphatic carbocycles. The van der Waals surface area contributed by atoms with Crippen molar-refractivity contribution in [1.82, 2.24) is 4.31 Å². The van der Waals surface area contributed by atoms with Gasteiger partial charge in [-0.3, -0.25) is 4.79 Å². The van der Waals surface area contributed by atoms with Crippen molar-refractivity contribution < 1.29 is 13.2 Å². The zero-order chi connectivity index (χ0) is 20.3. The third-order valence-electron chi connectivity index (χ3n) is 4.84. The third-order valence-corrected chi connectivity index (χ3v) is 7.25. The molecule has 1 aliphatic rings. The second kappa shape index (κ2) is 8.82. The lowest BCUT2D eigenvalue weighted by Gasteiger charge is -2.30. The fourth-order valence-electron chi connectivity index (χ4n) is 3.33. The van der Waals surface area contributed by atoms with Gasteiger partial charge in [0, 0.05) is 24.0 Å². The van der Waals surface area contributed by atoms with E-state index in [1.54, 1.807) is 18.2 Å². The highest BCUT2D eigenvalue weighted by molar-refractivity contribution is 7.88. The van der Waals surface area contributed by atoms with E-state index < -0.39 is 10.0 Å². The van der Waals surface area contributed by atoms with Gasteiger partial charge in [0.2, 0.25) is 15.9 Å². The van der Waals surface area contributed by atoms with Crippen molar-refractivity contribution in [3.63, 3.8) is 0 Å². The van der Waals surface area contributed by atoms with Crippen LogP contribution in [0.2, 0.25) is 10.0 Å². The van der Waals surface area contributed by atoms with E-state index in [4.69, 9.17) is 23.2 Å². The fourth-order valence-corrected chi connectivity index (χ4v) is 5.22. The highest BCUT2D eigenvalue weighted by atomic mass is 35.5. The molecule has 0 bridgehead atoms. The SMILES string of the molecule is Cc1cccc(CS(=O)(=O)N2CCC(C(=O)Nc3cc(Cl)ccc3Cl)CC2)c1. The van der Waals surface area contributed by atoms with Crippen LogP contribution >= 0.6 is 23.2 Å². The van der Waals surface area contributed by atoms with Crippen molar-refractivity contribution in [2.75, 3.05) is 18.4 Å². The molecule has 1 aliphatic heterocycles. The Bertz CT molecular complexity index is 971. The number of nitrogens with one attached hydrogen (secondary N) is 1. The van der Waals surface area contributed by atoms with Crippen LogP contribution in [-0.4, -0.2) is 31.7 Å². The van der Waals surface area contributed by atoms with Crippen LogP contribution in [0.25, 0.3) is 0 Å². The summed E-state index contributed by atoms with van der Waals surface area (Å²) in [6, 6.07) is 12.4. The second-order valence-electron chi connectivity index (χ2n) is 7.03. The lowest BCUT2D eigenvalue weighted by molar-refractivity contribution is -0.120. The predicted molar refractivity (Wildman–Crippen MR) is 113 cm³/mol. The number of halogens is 2. The topological polar surface area (TPSA) is 66.5 Å². The molecule has 28 heavy (non-hydrogen) atoms. The van der Waals surface area contributed by atoms with Gasteiger partial charge in [0.15, 0.2) is 0 Å². The van der Waals surface area contributed by atoms with Crippen molar-refractivity contribution in [3.05, 3.63) is 63.6 Å². The molecule has 0 aromatic heterocycles. The summed E-state index contributed by atoms with van der Waals surface area (Å²) in [6.07, 6.45) is 0.939. The predicted octanol–water partition coefficient (Wildman–Crippen LogP) is 4.48. The molecule has 0 radical (unpaired) electrons. The van der Waals surface area contributed by atoms with Crippen LogP contribution in [0.3, 0.4) is 0 Å². The minimum atomic E-state index is -3.41. The first-order chi connectivity index (χ1) is 13.2. The zero-order valence-electron chi connectivity index (χ0n) is 15.5. The normalized spacial score (nSPS) is 16.1. The minimum absolute atomic E-state index is 0.0241. The Morgan fingerprint density at radius 2 is 1.86 bits per heavy atom. The molecule has 0 spiro atoms. The number of rotatable bonds is 5. The van der Waals surface area contributed by atoms with Gasteiger partial charge in [0.25, 0.3) is 0 Å². The molecule has 0 unspecified atom stereocenters. The van der Waals surface area contributed by atoms with Crippen molar-refractivity contribution in [1.29, 1.82) is 0 Å². The molecule has 2 aromatic rings. The van der Waals surface area contributed by atoms with E-state index in [2.05, 4.69) is 5.32 Å². The van der Waals surface area contributed by atoms with E-state index in [9.17, 15) is 13.2 Å². The minimum Gasteiger partial charge on any atom is -0.324 e. The first-order valence-corrected chi connectivity index (χ1v) is 11.4. The first-order valence-electron chi connectivity index (χ1n) is 9.04. The molecule has 150 valence electrons. The second-order valence-corrected chi connectivity index (χ2v) is 9.84. The smallest absolute Gasteiger partial charge is 0.227 e. The van der Waals surface area contributed by atoms with Crippen LogP contribution in [0, 0.1) is 12.8 Å². The number of piperidine rings is 1. The summed E-state index contributed by atoms with van der Waals surface area (Å²) in [4.78, 5) is 12.5. The van der Waals surface area contributed by atoms with Gasteiger partial charge in [0.1, 0.15) is 0 Å². The Labute approximate surface area is 175 Å². The van der Waals surface area contributed by atoms with Crippen LogP contribution in [0.1, 0.15) is 24.0 Å². The van der Waals surface area contributed by atoms with Gasteiger partial charge in [-0.2, -0.15) is 0 Å². The lowest BCUT2D eigenvalue weighted by atomic mass is 9.97. The zero-order valence-corrected chi connectivity index (χ0v) is 17.8. The molecule has 3 rings (SSSR count). The van der Waals surface area contributed by atoms with Gasteiger partial charge in [-0.05, 0) is 43.5 Å². The van der Waals surface area contributed by atoms with Crippen molar-refractivity contribution in [3.8, 4) is 0 Å². The van der Waals surface area contributed by atoms with E-state index in [0.717, 1.165) is 11.1 Å². The molecule has 1 fully saturated rings. The number of hydrogen-bond donors (Lipinski definition) is 1. The summed E-state index contributed by atoms with van der Waals surface area (Å²) < 4.78 is 26.9. The molecule has 1 N–H and O–H groups in total. The molecule has 1 heterocycles. The summed E-state index contributed by atoms with van der Waals surface area (Å²) in [5.41, 5.74) is 2.27. The Morgan fingerprint density at radius 1 is 1.14 bits per heavy atom. The Morgan fingerprint density at radius 3 is 2.54 bits per heavy atom. The van der Waals surface area contributed by atoms with Crippen molar-refractivity contribution in [2.24, 2.45) is 5.92 Å².